The van der Waals surface area contributed by atoms with Gasteiger partial charge in [-0.25, -0.2) is 0 Å². The minimum Gasteiger partial charge on any atom is -0.464 e. The molecule has 0 spiro atoms. The van der Waals surface area contributed by atoms with Gasteiger partial charge in [-0.3, -0.25) is 4.79 Å². The summed E-state index contributed by atoms with van der Waals surface area (Å²) < 4.78 is 5.58. The molecule has 0 unspecified atom stereocenters. The van der Waals surface area contributed by atoms with Gasteiger partial charge in [0.05, 0.1) is 6.26 Å². The van der Waals surface area contributed by atoms with E-state index < -0.39 is 0 Å². The summed E-state index contributed by atoms with van der Waals surface area (Å²) in [5.74, 6) is 2.25. The van der Waals surface area contributed by atoms with Crippen LogP contribution >= 0.6 is 11.8 Å². The average molecular weight is 301 g/mol. The highest BCUT2D eigenvalue weighted by Crippen LogP contribution is 2.26. The summed E-state index contributed by atoms with van der Waals surface area (Å²) in [4.78, 5) is 14.2. The molecule has 2 aromatic rings. The highest BCUT2D eigenvalue weighted by molar-refractivity contribution is 7.99. The van der Waals surface area contributed by atoms with Gasteiger partial charge in [-0.2, -0.15) is 11.8 Å². The Morgan fingerprint density at radius 3 is 2.95 bits per heavy atom. The van der Waals surface area contributed by atoms with Crippen molar-refractivity contribution in [3.8, 4) is 0 Å². The molecule has 1 aromatic carbocycles. The molecule has 1 saturated heterocycles. The van der Waals surface area contributed by atoms with Crippen molar-refractivity contribution in [3.05, 3.63) is 48.7 Å². The molecule has 3 rings (SSSR count). The molecule has 110 valence electrons. The summed E-state index contributed by atoms with van der Waals surface area (Å²) in [6.45, 7) is 4.24. The first kappa shape index (κ1) is 14.3. The van der Waals surface area contributed by atoms with E-state index in [0.717, 1.165) is 40.9 Å². The SMILES string of the molecule is C=CC(=O)N(Cc1cccc2ccoc12)C1CCSCC1. The molecular formula is C17H19NO2S. The predicted octanol–water partition coefficient (Wildman–Crippen LogP) is 3.84. The Hall–Kier alpha value is -1.68. The quantitative estimate of drug-likeness (QED) is 0.804. The second kappa shape index (κ2) is 6.39. The van der Waals surface area contributed by atoms with E-state index in [1.54, 1.807) is 6.26 Å². The number of nitrogens with zero attached hydrogens (tertiary/aromatic N) is 1. The van der Waals surface area contributed by atoms with Crippen molar-refractivity contribution in [1.29, 1.82) is 0 Å². The highest BCUT2D eigenvalue weighted by atomic mass is 32.2. The number of hydrogen-bond donors (Lipinski definition) is 0. The average Bonchev–Trinajstić information content (AvgIpc) is 3.02. The number of thioether (sulfide) groups is 1. The van der Waals surface area contributed by atoms with E-state index in [4.69, 9.17) is 4.42 Å². The van der Waals surface area contributed by atoms with E-state index in [2.05, 4.69) is 6.58 Å². The normalized spacial score (nSPS) is 16.0. The van der Waals surface area contributed by atoms with Crippen LogP contribution in [-0.2, 0) is 11.3 Å². The lowest BCUT2D eigenvalue weighted by Crippen LogP contribution is -2.41. The number of carbonyl (C=O) groups excluding carboxylic acids is 1. The molecule has 1 aliphatic rings. The van der Waals surface area contributed by atoms with Gasteiger partial charge in [0.2, 0.25) is 5.91 Å². The van der Waals surface area contributed by atoms with Gasteiger partial charge in [0.25, 0.3) is 0 Å². The van der Waals surface area contributed by atoms with Crippen LogP contribution in [0.25, 0.3) is 11.0 Å². The van der Waals surface area contributed by atoms with Gasteiger partial charge < -0.3 is 9.32 Å². The number of rotatable bonds is 4. The maximum atomic E-state index is 12.3. The summed E-state index contributed by atoms with van der Waals surface area (Å²) in [5, 5.41) is 1.08. The lowest BCUT2D eigenvalue weighted by Gasteiger charge is -2.33. The number of carbonyl (C=O) groups is 1. The van der Waals surface area contributed by atoms with Gasteiger partial charge >= 0.3 is 0 Å². The monoisotopic (exact) mass is 301 g/mol. The molecule has 0 atom stereocenters. The van der Waals surface area contributed by atoms with Crippen molar-refractivity contribution in [3.63, 3.8) is 0 Å². The number of amides is 1. The lowest BCUT2D eigenvalue weighted by molar-refractivity contribution is -0.129. The van der Waals surface area contributed by atoms with E-state index in [1.807, 2.05) is 40.9 Å². The lowest BCUT2D eigenvalue weighted by atomic mass is 10.1. The zero-order valence-corrected chi connectivity index (χ0v) is 12.8. The number of benzene rings is 1. The Morgan fingerprint density at radius 2 is 2.19 bits per heavy atom. The van der Waals surface area contributed by atoms with Crippen molar-refractivity contribution in [2.75, 3.05) is 11.5 Å². The third-order valence-corrected chi connectivity index (χ3v) is 5.04. The van der Waals surface area contributed by atoms with E-state index in [0.29, 0.717) is 12.6 Å². The highest BCUT2D eigenvalue weighted by Gasteiger charge is 2.25. The Bertz CT molecular complexity index is 643. The third-order valence-electron chi connectivity index (χ3n) is 3.99. The summed E-state index contributed by atoms with van der Waals surface area (Å²) >= 11 is 1.96. The number of hydrogen-bond acceptors (Lipinski definition) is 3. The molecule has 21 heavy (non-hydrogen) atoms. The smallest absolute Gasteiger partial charge is 0.246 e. The van der Waals surface area contributed by atoms with Gasteiger partial charge in [0, 0.05) is 23.5 Å². The van der Waals surface area contributed by atoms with E-state index in [9.17, 15) is 4.79 Å². The topological polar surface area (TPSA) is 33.5 Å². The Kier molecular flexibility index (Phi) is 4.34. The zero-order chi connectivity index (χ0) is 14.7. The van der Waals surface area contributed by atoms with Crippen molar-refractivity contribution in [1.82, 2.24) is 4.90 Å². The van der Waals surface area contributed by atoms with Crippen LogP contribution in [0.2, 0.25) is 0 Å². The van der Waals surface area contributed by atoms with Gasteiger partial charge in [0.15, 0.2) is 0 Å². The predicted molar refractivity (Wildman–Crippen MR) is 87.3 cm³/mol. The van der Waals surface area contributed by atoms with Crippen molar-refractivity contribution in [2.24, 2.45) is 0 Å². The van der Waals surface area contributed by atoms with Gasteiger partial charge in [-0.15, -0.1) is 0 Å². The van der Waals surface area contributed by atoms with Crippen molar-refractivity contribution in [2.45, 2.75) is 25.4 Å². The fourth-order valence-electron chi connectivity index (χ4n) is 2.86. The molecule has 4 heteroatoms. The second-order valence-electron chi connectivity index (χ2n) is 5.27. The molecule has 1 aromatic heterocycles. The Morgan fingerprint density at radius 1 is 1.38 bits per heavy atom. The first-order valence-electron chi connectivity index (χ1n) is 7.25. The molecule has 0 bridgehead atoms. The van der Waals surface area contributed by atoms with Crippen LogP contribution in [0.15, 0.2) is 47.6 Å². The molecule has 0 radical (unpaired) electrons. The zero-order valence-electron chi connectivity index (χ0n) is 12.0. The maximum absolute atomic E-state index is 12.3. The molecule has 1 amide bonds. The fraction of sp³-hybridized carbons (Fsp3) is 0.353. The molecule has 1 fully saturated rings. The van der Waals surface area contributed by atoms with Crippen LogP contribution in [0, 0.1) is 0 Å². The van der Waals surface area contributed by atoms with Crippen LogP contribution in [0.5, 0.6) is 0 Å². The van der Waals surface area contributed by atoms with Crippen molar-refractivity contribution < 1.29 is 9.21 Å². The largest absolute Gasteiger partial charge is 0.464 e. The maximum Gasteiger partial charge on any atom is 0.246 e. The van der Waals surface area contributed by atoms with Crippen LogP contribution in [-0.4, -0.2) is 28.4 Å². The minimum atomic E-state index is 0.00968. The molecular weight excluding hydrogens is 282 g/mol. The summed E-state index contributed by atoms with van der Waals surface area (Å²) in [6.07, 6.45) is 5.23. The van der Waals surface area contributed by atoms with Crippen LogP contribution in [0.3, 0.4) is 0 Å². The molecule has 0 N–H and O–H groups in total. The Labute approximate surface area is 129 Å². The first-order chi connectivity index (χ1) is 10.3. The first-order valence-corrected chi connectivity index (χ1v) is 8.41. The van der Waals surface area contributed by atoms with Gasteiger partial charge in [0.1, 0.15) is 5.58 Å². The second-order valence-corrected chi connectivity index (χ2v) is 6.49. The molecule has 0 aliphatic carbocycles. The fourth-order valence-corrected chi connectivity index (χ4v) is 3.95. The van der Waals surface area contributed by atoms with E-state index >= 15 is 0 Å². The number of para-hydroxylation sites is 1. The standard InChI is InChI=1S/C17H19NO2S/c1-2-16(19)18(15-7-10-21-11-8-15)12-14-5-3-4-13-6-9-20-17(13)14/h2-6,9,15H,1,7-8,10-12H2. The van der Waals surface area contributed by atoms with Gasteiger partial charge in [-0.1, -0.05) is 24.8 Å². The molecule has 0 saturated carbocycles. The number of fused-ring (bicyclic) bond motifs is 1. The summed E-state index contributed by atoms with van der Waals surface area (Å²) in [5.41, 5.74) is 1.94. The minimum absolute atomic E-state index is 0.00968. The molecule has 3 nitrogen and oxygen atoms in total. The van der Waals surface area contributed by atoms with E-state index in [-0.39, 0.29) is 5.91 Å². The summed E-state index contributed by atoms with van der Waals surface area (Å²) in [6, 6.07) is 8.34. The molecule has 1 aliphatic heterocycles. The van der Waals surface area contributed by atoms with Gasteiger partial charge in [-0.05, 0) is 36.5 Å². The number of furan rings is 1. The van der Waals surface area contributed by atoms with Crippen LogP contribution in [0.4, 0.5) is 0 Å². The summed E-state index contributed by atoms with van der Waals surface area (Å²) in [7, 11) is 0. The third kappa shape index (κ3) is 3.00. The van der Waals surface area contributed by atoms with Crippen LogP contribution in [0.1, 0.15) is 18.4 Å². The van der Waals surface area contributed by atoms with E-state index in [1.165, 1.54) is 6.08 Å². The van der Waals surface area contributed by atoms with Crippen molar-refractivity contribution >= 4 is 28.6 Å². The molecule has 2 heterocycles. The Balaban J connectivity index is 1.88. The van der Waals surface area contributed by atoms with Crippen LogP contribution < -0.4 is 0 Å².